The van der Waals surface area contributed by atoms with Crippen molar-refractivity contribution in [2.24, 2.45) is 12.0 Å². The molecule has 0 aliphatic rings. The summed E-state index contributed by atoms with van der Waals surface area (Å²) in [4.78, 5) is 4.74. The Bertz CT molecular complexity index is 776. The Morgan fingerprint density at radius 2 is 1.86 bits per heavy atom. The second kappa shape index (κ2) is 12.7. The smallest absolute Gasteiger partial charge is 0.191 e. The van der Waals surface area contributed by atoms with Gasteiger partial charge in [-0.3, -0.25) is 4.68 Å². The summed E-state index contributed by atoms with van der Waals surface area (Å²) in [5, 5.41) is 11.2. The first kappa shape index (κ1) is 25.2. The number of rotatable bonds is 9. The molecule has 0 fully saturated rings. The van der Waals surface area contributed by atoms with E-state index in [-0.39, 0.29) is 35.9 Å². The minimum absolute atomic E-state index is 0. The van der Waals surface area contributed by atoms with Crippen molar-refractivity contribution in [1.29, 1.82) is 0 Å². The van der Waals surface area contributed by atoms with Crippen molar-refractivity contribution in [2.75, 3.05) is 13.1 Å². The van der Waals surface area contributed by atoms with E-state index < -0.39 is 0 Å². The summed E-state index contributed by atoms with van der Waals surface area (Å²) in [6.45, 7) is 10.2. The molecule has 1 atom stereocenters. The molecule has 0 amide bonds. The quantitative estimate of drug-likeness (QED) is 0.302. The van der Waals surface area contributed by atoms with Crippen molar-refractivity contribution in [3.63, 3.8) is 0 Å². The van der Waals surface area contributed by atoms with Crippen molar-refractivity contribution >= 4 is 29.9 Å². The van der Waals surface area contributed by atoms with Gasteiger partial charge in [-0.2, -0.15) is 5.10 Å². The number of ether oxygens (including phenoxy) is 1. The van der Waals surface area contributed by atoms with Crippen LogP contribution in [0.25, 0.3) is 0 Å². The Labute approximate surface area is 190 Å². The molecule has 2 N–H and O–H groups in total. The summed E-state index contributed by atoms with van der Waals surface area (Å²) in [6, 6.07) is 6.05. The fourth-order valence-corrected chi connectivity index (χ4v) is 3.10. The first-order valence-electron chi connectivity index (χ1n) is 9.96. The van der Waals surface area contributed by atoms with Crippen molar-refractivity contribution in [2.45, 2.75) is 53.2 Å². The summed E-state index contributed by atoms with van der Waals surface area (Å²) in [7, 11) is 1.99. The maximum absolute atomic E-state index is 13.0. The molecular weight excluding hydrogens is 484 g/mol. The van der Waals surface area contributed by atoms with Crippen molar-refractivity contribution in [1.82, 2.24) is 20.4 Å². The molecule has 8 heteroatoms. The lowest BCUT2D eigenvalue weighted by Crippen LogP contribution is -2.41. The predicted molar refractivity (Wildman–Crippen MR) is 127 cm³/mol. The van der Waals surface area contributed by atoms with E-state index in [9.17, 15) is 4.39 Å². The van der Waals surface area contributed by atoms with E-state index in [0.29, 0.717) is 18.8 Å². The van der Waals surface area contributed by atoms with Gasteiger partial charge in [0, 0.05) is 24.8 Å². The minimum Gasteiger partial charge on any atom is -0.489 e. The van der Waals surface area contributed by atoms with E-state index in [1.807, 2.05) is 25.6 Å². The number of aliphatic imine (C=N–C) groups is 1. The Morgan fingerprint density at radius 3 is 2.45 bits per heavy atom. The topological polar surface area (TPSA) is 63.5 Å². The lowest BCUT2D eigenvalue weighted by atomic mass is 10.1. The van der Waals surface area contributed by atoms with Crippen molar-refractivity contribution in [3.05, 3.63) is 47.0 Å². The summed E-state index contributed by atoms with van der Waals surface area (Å²) >= 11 is 0. The van der Waals surface area contributed by atoms with Crippen LogP contribution in [0, 0.1) is 5.82 Å². The van der Waals surface area contributed by atoms with Crippen LogP contribution in [0.15, 0.2) is 29.3 Å². The van der Waals surface area contributed by atoms with E-state index in [2.05, 4.69) is 29.6 Å². The second-order valence-electron chi connectivity index (χ2n) is 6.66. The van der Waals surface area contributed by atoms with Crippen LogP contribution in [-0.4, -0.2) is 34.9 Å². The molecule has 29 heavy (non-hydrogen) atoms. The fraction of sp³-hybridized carbons (Fsp3) is 0.524. The third kappa shape index (κ3) is 7.49. The molecule has 0 bridgehead atoms. The average molecular weight is 517 g/mol. The summed E-state index contributed by atoms with van der Waals surface area (Å²) < 4.78 is 20.8. The molecule has 1 heterocycles. The minimum atomic E-state index is -0.270. The number of hydrogen-bond donors (Lipinski definition) is 2. The first-order valence-corrected chi connectivity index (χ1v) is 9.96. The first-order chi connectivity index (χ1) is 13.5. The summed E-state index contributed by atoms with van der Waals surface area (Å²) in [5.74, 6) is 1.12. The number of aryl methyl sites for hydroxylation is 2. The highest BCUT2D eigenvalue weighted by molar-refractivity contribution is 14.0. The van der Waals surface area contributed by atoms with Gasteiger partial charge in [0.15, 0.2) is 5.96 Å². The Kier molecular flexibility index (Phi) is 11.0. The van der Waals surface area contributed by atoms with Gasteiger partial charge in [-0.25, -0.2) is 9.38 Å². The van der Waals surface area contributed by atoms with Crippen LogP contribution in [0.1, 0.15) is 44.6 Å². The number of guanidine groups is 1. The van der Waals surface area contributed by atoms with Gasteiger partial charge in [-0.1, -0.05) is 13.8 Å². The fourth-order valence-electron chi connectivity index (χ4n) is 3.10. The Morgan fingerprint density at radius 1 is 1.17 bits per heavy atom. The van der Waals surface area contributed by atoms with E-state index >= 15 is 0 Å². The highest BCUT2D eigenvalue weighted by atomic mass is 127. The zero-order valence-electron chi connectivity index (χ0n) is 18.0. The maximum Gasteiger partial charge on any atom is 0.191 e. The normalized spacial score (nSPS) is 12.3. The van der Waals surface area contributed by atoms with Gasteiger partial charge in [0.1, 0.15) is 17.7 Å². The van der Waals surface area contributed by atoms with Gasteiger partial charge in [0.25, 0.3) is 0 Å². The number of nitrogens with zero attached hydrogens (tertiary/aromatic N) is 3. The van der Waals surface area contributed by atoms with Crippen LogP contribution in [-0.2, 0) is 26.4 Å². The molecule has 6 nitrogen and oxygen atoms in total. The molecule has 0 saturated heterocycles. The highest BCUT2D eigenvalue weighted by Gasteiger charge is 2.13. The zero-order chi connectivity index (χ0) is 20.5. The van der Waals surface area contributed by atoms with Crippen LogP contribution < -0.4 is 15.4 Å². The van der Waals surface area contributed by atoms with Gasteiger partial charge in [0.2, 0.25) is 0 Å². The number of benzene rings is 1. The van der Waals surface area contributed by atoms with E-state index in [0.717, 1.165) is 31.0 Å². The standard InChI is InChI=1S/C21H32FN5O.HI/c1-6-19-18(20(7-2)27(5)26-19)14-25-21(23-8-3)24-13-15(4)28-17-11-9-16(22)10-12-17;/h9-12,15H,6-8,13-14H2,1-5H3,(H2,23,24,25);1H. The third-order valence-electron chi connectivity index (χ3n) is 4.48. The number of nitrogens with one attached hydrogen (secondary N) is 2. The molecule has 2 rings (SSSR count). The molecule has 0 spiro atoms. The van der Waals surface area contributed by atoms with Crippen LogP contribution in [0.2, 0.25) is 0 Å². The summed E-state index contributed by atoms with van der Waals surface area (Å²) in [5.41, 5.74) is 3.54. The number of aromatic nitrogens is 2. The monoisotopic (exact) mass is 517 g/mol. The van der Waals surface area contributed by atoms with E-state index in [1.54, 1.807) is 12.1 Å². The lowest BCUT2D eigenvalue weighted by molar-refractivity contribution is 0.223. The second-order valence-corrected chi connectivity index (χ2v) is 6.66. The van der Waals surface area contributed by atoms with Crippen LogP contribution in [0.3, 0.4) is 0 Å². The third-order valence-corrected chi connectivity index (χ3v) is 4.48. The predicted octanol–water partition coefficient (Wildman–Crippen LogP) is 3.82. The van der Waals surface area contributed by atoms with Crippen LogP contribution in [0.4, 0.5) is 4.39 Å². The molecule has 1 aromatic heterocycles. The molecule has 0 aliphatic heterocycles. The van der Waals surface area contributed by atoms with Crippen LogP contribution in [0.5, 0.6) is 5.75 Å². The summed E-state index contributed by atoms with van der Waals surface area (Å²) in [6.07, 6.45) is 1.73. The molecule has 0 saturated carbocycles. The van der Waals surface area contributed by atoms with Gasteiger partial charge >= 0.3 is 0 Å². The van der Waals surface area contributed by atoms with E-state index in [4.69, 9.17) is 9.73 Å². The van der Waals surface area contributed by atoms with Crippen molar-refractivity contribution in [3.8, 4) is 5.75 Å². The molecule has 162 valence electrons. The van der Waals surface area contributed by atoms with Gasteiger partial charge in [0.05, 0.1) is 18.8 Å². The SMILES string of the molecule is CCNC(=NCc1c(CC)nn(C)c1CC)NCC(C)Oc1ccc(F)cc1.I. The molecular formula is C21H33FIN5O. The highest BCUT2D eigenvalue weighted by Crippen LogP contribution is 2.16. The zero-order valence-corrected chi connectivity index (χ0v) is 20.3. The van der Waals surface area contributed by atoms with Gasteiger partial charge in [-0.15, -0.1) is 24.0 Å². The van der Waals surface area contributed by atoms with Crippen molar-refractivity contribution < 1.29 is 9.13 Å². The molecule has 1 unspecified atom stereocenters. The van der Waals surface area contributed by atoms with Crippen LogP contribution >= 0.6 is 24.0 Å². The van der Waals surface area contributed by atoms with Gasteiger partial charge in [-0.05, 0) is 51.0 Å². The molecule has 1 aromatic carbocycles. The number of hydrogen-bond acceptors (Lipinski definition) is 3. The molecule has 2 aromatic rings. The lowest BCUT2D eigenvalue weighted by Gasteiger charge is -2.17. The Balaban J connectivity index is 0.00000420. The average Bonchev–Trinajstić information content (AvgIpc) is 3.00. The Hall–Kier alpha value is -1.84. The molecule has 0 radical (unpaired) electrons. The number of halogens is 2. The molecule has 0 aliphatic carbocycles. The maximum atomic E-state index is 13.0. The van der Waals surface area contributed by atoms with Gasteiger partial charge < -0.3 is 15.4 Å². The van der Waals surface area contributed by atoms with E-state index in [1.165, 1.54) is 23.4 Å². The largest absolute Gasteiger partial charge is 0.489 e.